The van der Waals surface area contributed by atoms with Gasteiger partial charge in [0.25, 0.3) is 0 Å². The van der Waals surface area contributed by atoms with Crippen LogP contribution < -0.4 is 5.43 Å². The predicted octanol–water partition coefficient (Wildman–Crippen LogP) is 3.28. The SMILES string of the molecule is Cc1c(Cc2ccccc2F)c(=O)c2ccccc2n1O. The summed E-state index contributed by atoms with van der Waals surface area (Å²) >= 11 is 0. The van der Waals surface area contributed by atoms with Gasteiger partial charge in [-0.05, 0) is 30.7 Å². The zero-order valence-corrected chi connectivity index (χ0v) is 11.5. The molecule has 0 atom stereocenters. The molecule has 0 radical (unpaired) electrons. The van der Waals surface area contributed by atoms with E-state index in [0.717, 1.165) is 4.73 Å². The molecule has 21 heavy (non-hydrogen) atoms. The van der Waals surface area contributed by atoms with Gasteiger partial charge in [0, 0.05) is 17.4 Å². The number of hydrogen-bond acceptors (Lipinski definition) is 2. The van der Waals surface area contributed by atoms with Gasteiger partial charge in [-0.25, -0.2) is 4.39 Å². The van der Waals surface area contributed by atoms with Crippen molar-refractivity contribution < 1.29 is 9.60 Å². The number of halogens is 1. The Morgan fingerprint density at radius 3 is 2.52 bits per heavy atom. The van der Waals surface area contributed by atoms with Crippen LogP contribution in [0.4, 0.5) is 4.39 Å². The number of hydrogen-bond donors (Lipinski definition) is 1. The van der Waals surface area contributed by atoms with E-state index in [2.05, 4.69) is 0 Å². The minimum Gasteiger partial charge on any atom is -0.428 e. The minimum absolute atomic E-state index is 0.155. The number of aromatic nitrogens is 1. The number of rotatable bonds is 2. The molecule has 3 aromatic rings. The smallest absolute Gasteiger partial charge is 0.193 e. The molecule has 3 rings (SSSR count). The summed E-state index contributed by atoms with van der Waals surface area (Å²) in [6.45, 7) is 1.66. The van der Waals surface area contributed by atoms with Crippen LogP contribution in [0.3, 0.4) is 0 Å². The normalized spacial score (nSPS) is 11.0. The van der Waals surface area contributed by atoms with Gasteiger partial charge in [0.2, 0.25) is 0 Å². The summed E-state index contributed by atoms with van der Waals surface area (Å²) in [7, 11) is 0. The highest BCUT2D eigenvalue weighted by Crippen LogP contribution is 2.18. The van der Waals surface area contributed by atoms with Crippen LogP contribution in [0.15, 0.2) is 53.3 Å². The van der Waals surface area contributed by atoms with Gasteiger partial charge in [-0.2, -0.15) is 4.73 Å². The molecular weight excluding hydrogens is 269 g/mol. The first-order chi connectivity index (χ1) is 10.1. The second kappa shape index (κ2) is 5.05. The highest BCUT2D eigenvalue weighted by atomic mass is 19.1. The Labute approximate surface area is 120 Å². The van der Waals surface area contributed by atoms with E-state index in [0.29, 0.717) is 27.7 Å². The largest absolute Gasteiger partial charge is 0.428 e. The van der Waals surface area contributed by atoms with E-state index in [1.807, 2.05) is 0 Å². The molecule has 0 unspecified atom stereocenters. The van der Waals surface area contributed by atoms with E-state index >= 15 is 0 Å². The van der Waals surface area contributed by atoms with Crippen molar-refractivity contribution in [1.29, 1.82) is 0 Å². The quantitative estimate of drug-likeness (QED) is 0.733. The van der Waals surface area contributed by atoms with Crippen molar-refractivity contribution >= 4 is 10.9 Å². The monoisotopic (exact) mass is 283 g/mol. The van der Waals surface area contributed by atoms with Crippen LogP contribution in [0.5, 0.6) is 0 Å². The lowest BCUT2D eigenvalue weighted by atomic mass is 10.0. The number of nitrogens with zero attached hydrogens (tertiary/aromatic N) is 1. The average molecular weight is 283 g/mol. The molecule has 2 aromatic carbocycles. The maximum Gasteiger partial charge on any atom is 0.193 e. The van der Waals surface area contributed by atoms with E-state index < -0.39 is 0 Å². The molecule has 1 heterocycles. The van der Waals surface area contributed by atoms with Gasteiger partial charge in [-0.15, -0.1) is 0 Å². The zero-order chi connectivity index (χ0) is 15.0. The number of benzene rings is 2. The topological polar surface area (TPSA) is 42.2 Å². The molecule has 0 fully saturated rings. The van der Waals surface area contributed by atoms with Crippen LogP contribution in [0, 0.1) is 12.7 Å². The Balaban J connectivity index is 2.24. The van der Waals surface area contributed by atoms with Crippen LogP contribution in [-0.4, -0.2) is 9.94 Å². The molecule has 0 aliphatic carbocycles. The minimum atomic E-state index is -0.353. The van der Waals surface area contributed by atoms with E-state index in [1.165, 1.54) is 6.07 Å². The van der Waals surface area contributed by atoms with E-state index in [1.54, 1.807) is 49.4 Å². The van der Waals surface area contributed by atoms with Crippen molar-refractivity contribution in [3.05, 3.63) is 81.4 Å². The molecule has 0 saturated carbocycles. The fraction of sp³-hybridized carbons (Fsp3) is 0.118. The maximum absolute atomic E-state index is 13.8. The average Bonchev–Trinajstić information content (AvgIpc) is 2.51. The van der Waals surface area contributed by atoms with Crippen molar-refractivity contribution in [2.45, 2.75) is 13.3 Å². The maximum atomic E-state index is 13.8. The Morgan fingerprint density at radius 1 is 1.10 bits per heavy atom. The third kappa shape index (κ3) is 2.18. The van der Waals surface area contributed by atoms with Gasteiger partial charge in [-0.3, -0.25) is 4.79 Å². The summed E-state index contributed by atoms with van der Waals surface area (Å²) < 4.78 is 14.8. The van der Waals surface area contributed by atoms with Gasteiger partial charge in [-0.1, -0.05) is 30.3 Å². The van der Waals surface area contributed by atoms with Crippen molar-refractivity contribution in [3.8, 4) is 0 Å². The summed E-state index contributed by atoms with van der Waals surface area (Å²) in [4.78, 5) is 12.6. The molecule has 0 amide bonds. The molecule has 0 aliphatic heterocycles. The lowest BCUT2D eigenvalue weighted by Gasteiger charge is -2.13. The van der Waals surface area contributed by atoms with Crippen molar-refractivity contribution in [3.63, 3.8) is 0 Å². The van der Waals surface area contributed by atoms with E-state index in [-0.39, 0.29) is 17.7 Å². The molecule has 0 spiro atoms. The molecule has 106 valence electrons. The van der Waals surface area contributed by atoms with Crippen LogP contribution in [0.1, 0.15) is 16.8 Å². The third-order valence-electron chi connectivity index (χ3n) is 3.73. The van der Waals surface area contributed by atoms with Crippen molar-refractivity contribution in [1.82, 2.24) is 4.73 Å². The van der Waals surface area contributed by atoms with Gasteiger partial charge >= 0.3 is 0 Å². The molecule has 1 aromatic heterocycles. The Kier molecular flexibility index (Phi) is 3.22. The molecular formula is C17H14FNO2. The number of pyridine rings is 1. The first-order valence-corrected chi connectivity index (χ1v) is 6.65. The second-order valence-electron chi connectivity index (χ2n) is 4.99. The van der Waals surface area contributed by atoms with Crippen LogP contribution in [0.25, 0.3) is 10.9 Å². The van der Waals surface area contributed by atoms with Crippen molar-refractivity contribution in [2.75, 3.05) is 0 Å². The molecule has 3 nitrogen and oxygen atoms in total. The fourth-order valence-electron chi connectivity index (χ4n) is 2.53. The first kappa shape index (κ1) is 13.4. The number of fused-ring (bicyclic) bond motifs is 1. The first-order valence-electron chi connectivity index (χ1n) is 6.65. The Bertz CT molecular complexity index is 884. The van der Waals surface area contributed by atoms with Gasteiger partial charge in [0.15, 0.2) is 5.43 Å². The molecule has 0 bridgehead atoms. The fourth-order valence-corrected chi connectivity index (χ4v) is 2.53. The molecule has 0 saturated heterocycles. The van der Waals surface area contributed by atoms with Gasteiger partial charge in [0.1, 0.15) is 5.82 Å². The van der Waals surface area contributed by atoms with Gasteiger partial charge in [0.05, 0.1) is 11.2 Å². The Morgan fingerprint density at radius 2 is 1.76 bits per heavy atom. The highest BCUT2D eigenvalue weighted by molar-refractivity contribution is 5.79. The van der Waals surface area contributed by atoms with E-state index in [4.69, 9.17) is 0 Å². The highest BCUT2D eigenvalue weighted by Gasteiger charge is 2.15. The molecule has 4 heteroatoms. The number of para-hydroxylation sites is 1. The summed E-state index contributed by atoms with van der Waals surface area (Å²) in [6, 6.07) is 13.2. The summed E-state index contributed by atoms with van der Waals surface area (Å²) in [5.41, 5.74) is 1.56. The summed E-state index contributed by atoms with van der Waals surface area (Å²) in [6.07, 6.45) is 0.155. The Hall–Kier alpha value is -2.62. The summed E-state index contributed by atoms with van der Waals surface area (Å²) in [5.74, 6) is -0.353. The van der Waals surface area contributed by atoms with E-state index in [9.17, 15) is 14.4 Å². The second-order valence-corrected chi connectivity index (χ2v) is 4.99. The van der Waals surface area contributed by atoms with Crippen LogP contribution in [0.2, 0.25) is 0 Å². The van der Waals surface area contributed by atoms with Crippen LogP contribution >= 0.6 is 0 Å². The summed E-state index contributed by atoms with van der Waals surface area (Å²) in [5, 5.41) is 10.6. The lowest BCUT2D eigenvalue weighted by Crippen LogP contribution is -2.18. The zero-order valence-electron chi connectivity index (χ0n) is 11.5. The van der Waals surface area contributed by atoms with Crippen molar-refractivity contribution in [2.24, 2.45) is 0 Å². The molecule has 1 N–H and O–H groups in total. The van der Waals surface area contributed by atoms with Gasteiger partial charge < -0.3 is 5.21 Å². The lowest BCUT2D eigenvalue weighted by molar-refractivity contribution is 0.190. The molecule has 0 aliphatic rings. The standard InChI is InChI=1S/C17H14FNO2/c1-11-14(10-12-6-2-4-8-15(12)18)17(20)13-7-3-5-9-16(13)19(11)21/h2-9,21H,10H2,1H3. The third-order valence-corrected chi connectivity index (χ3v) is 3.73. The van der Waals surface area contributed by atoms with Crippen LogP contribution in [-0.2, 0) is 6.42 Å². The predicted molar refractivity (Wildman–Crippen MR) is 79.3 cm³/mol.